The van der Waals surface area contributed by atoms with Crippen LogP contribution in [0.15, 0.2) is 0 Å². The van der Waals surface area contributed by atoms with Gasteiger partial charge >= 0.3 is 0 Å². The zero-order valence-corrected chi connectivity index (χ0v) is 10.4. The van der Waals surface area contributed by atoms with Crippen LogP contribution in [0, 0.1) is 5.41 Å². The summed E-state index contributed by atoms with van der Waals surface area (Å²) < 4.78 is 0. The molecule has 1 N–H and O–H groups in total. The molecule has 88 valence electrons. The highest BCUT2D eigenvalue weighted by molar-refractivity contribution is 4.93. The van der Waals surface area contributed by atoms with E-state index in [1.807, 2.05) is 0 Å². The Morgan fingerprint density at radius 3 is 2.40 bits per heavy atom. The van der Waals surface area contributed by atoms with Crippen LogP contribution in [0.2, 0.25) is 0 Å². The largest absolute Gasteiger partial charge is 0.314 e. The smallest absolute Gasteiger partial charge is 0.0172 e. The molecule has 2 heterocycles. The van der Waals surface area contributed by atoms with Gasteiger partial charge in [0.25, 0.3) is 0 Å². The van der Waals surface area contributed by atoms with Crippen molar-refractivity contribution in [3.05, 3.63) is 0 Å². The van der Waals surface area contributed by atoms with E-state index in [2.05, 4.69) is 36.0 Å². The molecule has 0 aliphatic carbocycles. The highest BCUT2D eigenvalue weighted by Gasteiger charge is 2.38. The van der Waals surface area contributed by atoms with Crippen molar-refractivity contribution in [3.63, 3.8) is 0 Å². The van der Waals surface area contributed by atoms with Crippen LogP contribution in [0.5, 0.6) is 0 Å². The third kappa shape index (κ3) is 2.52. The number of hydrogen-bond donors (Lipinski definition) is 1. The summed E-state index contributed by atoms with van der Waals surface area (Å²) in [5.41, 5.74) is 0.449. The average Bonchev–Trinajstić information content (AvgIpc) is 2.17. The molecule has 1 unspecified atom stereocenters. The van der Waals surface area contributed by atoms with Gasteiger partial charge in [0.2, 0.25) is 0 Å². The normalized spacial score (nSPS) is 34.2. The number of nitrogens with zero attached hydrogens (tertiary/aromatic N) is 2. The Balaban J connectivity index is 2.00. The molecule has 2 saturated heterocycles. The molecule has 0 aromatic heterocycles. The zero-order valence-electron chi connectivity index (χ0n) is 10.4. The van der Waals surface area contributed by atoms with Crippen molar-refractivity contribution in [1.29, 1.82) is 0 Å². The lowest BCUT2D eigenvalue weighted by atomic mass is 9.78. The summed E-state index contributed by atoms with van der Waals surface area (Å²) in [4.78, 5) is 5.17. The van der Waals surface area contributed by atoms with E-state index in [1.54, 1.807) is 0 Å². The van der Waals surface area contributed by atoms with Gasteiger partial charge in [0.1, 0.15) is 0 Å². The summed E-state index contributed by atoms with van der Waals surface area (Å²) in [5.74, 6) is 0. The molecule has 0 spiro atoms. The molecule has 0 radical (unpaired) electrons. The Kier molecular flexibility index (Phi) is 3.33. The van der Waals surface area contributed by atoms with Gasteiger partial charge in [-0.15, -0.1) is 0 Å². The number of piperidine rings is 1. The van der Waals surface area contributed by atoms with Crippen molar-refractivity contribution >= 4 is 0 Å². The second kappa shape index (κ2) is 4.40. The van der Waals surface area contributed by atoms with Crippen molar-refractivity contribution in [1.82, 2.24) is 15.1 Å². The molecule has 2 aliphatic heterocycles. The standard InChI is InChI=1S/C12H25N3/c1-12(2)10-14(3)7-4-11(12)15-8-5-13-6-9-15/h11,13H,4-10H2,1-3H3. The number of piperazine rings is 1. The van der Waals surface area contributed by atoms with Crippen LogP contribution in [0.3, 0.4) is 0 Å². The fraction of sp³-hybridized carbons (Fsp3) is 1.00. The van der Waals surface area contributed by atoms with E-state index in [-0.39, 0.29) is 0 Å². The molecule has 2 aliphatic rings. The van der Waals surface area contributed by atoms with Gasteiger partial charge in [0.05, 0.1) is 0 Å². The second-order valence-electron chi connectivity index (χ2n) is 5.82. The third-order valence-corrected chi connectivity index (χ3v) is 3.96. The Morgan fingerprint density at radius 2 is 1.80 bits per heavy atom. The molecule has 0 bridgehead atoms. The van der Waals surface area contributed by atoms with Crippen LogP contribution in [-0.2, 0) is 0 Å². The maximum atomic E-state index is 3.44. The Bertz CT molecular complexity index is 209. The fourth-order valence-electron chi connectivity index (χ4n) is 3.28. The first-order valence-electron chi connectivity index (χ1n) is 6.23. The molecule has 0 aromatic rings. The summed E-state index contributed by atoms with van der Waals surface area (Å²) in [6, 6.07) is 0.788. The Hall–Kier alpha value is -0.120. The summed E-state index contributed by atoms with van der Waals surface area (Å²) in [5, 5.41) is 3.44. The van der Waals surface area contributed by atoms with Gasteiger partial charge in [0, 0.05) is 38.8 Å². The number of nitrogens with one attached hydrogen (secondary N) is 1. The van der Waals surface area contributed by atoms with E-state index < -0.39 is 0 Å². The first kappa shape index (κ1) is 11.4. The van der Waals surface area contributed by atoms with E-state index in [4.69, 9.17) is 0 Å². The van der Waals surface area contributed by atoms with E-state index in [0.29, 0.717) is 5.41 Å². The minimum atomic E-state index is 0.449. The molecule has 0 saturated carbocycles. The van der Waals surface area contributed by atoms with Gasteiger partial charge in [0.15, 0.2) is 0 Å². The molecular weight excluding hydrogens is 186 g/mol. The van der Waals surface area contributed by atoms with Crippen molar-refractivity contribution in [2.75, 3.05) is 46.3 Å². The van der Waals surface area contributed by atoms with Gasteiger partial charge in [-0.2, -0.15) is 0 Å². The van der Waals surface area contributed by atoms with Crippen LogP contribution < -0.4 is 5.32 Å². The van der Waals surface area contributed by atoms with Crippen LogP contribution in [0.1, 0.15) is 20.3 Å². The van der Waals surface area contributed by atoms with Gasteiger partial charge in [-0.05, 0) is 25.4 Å². The van der Waals surface area contributed by atoms with Crippen molar-refractivity contribution in [3.8, 4) is 0 Å². The van der Waals surface area contributed by atoms with E-state index in [0.717, 1.165) is 6.04 Å². The van der Waals surface area contributed by atoms with Crippen LogP contribution in [-0.4, -0.2) is 62.2 Å². The molecule has 0 amide bonds. The van der Waals surface area contributed by atoms with Crippen molar-refractivity contribution < 1.29 is 0 Å². The summed E-state index contributed by atoms with van der Waals surface area (Å²) in [6.45, 7) is 12.2. The Morgan fingerprint density at radius 1 is 1.13 bits per heavy atom. The van der Waals surface area contributed by atoms with E-state index in [1.165, 1.54) is 45.7 Å². The lowest BCUT2D eigenvalue weighted by molar-refractivity contribution is 0.00962. The SMILES string of the molecule is CN1CCC(N2CCNCC2)C(C)(C)C1. The van der Waals surface area contributed by atoms with Gasteiger partial charge in [-0.25, -0.2) is 0 Å². The first-order chi connectivity index (χ1) is 7.09. The number of likely N-dealkylation sites (tertiary alicyclic amines) is 1. The Labute approximate surface area is 93.8 Å². The zero-order chi connectivity index (χ0) is 10.9. The minimum Gasteiger partial charge on any atom is -0.314 e. The van der Waals surface area contributed by atoms with Gasteiger partial charge in [-0.1, -0.05) is 13.8 Å². The average molecular weight is 211 g/mol. The quantitative estimate of drug-likeness (QED) is 0.686. The second-order valence-corrected chi connectivity index (χ2v) is 5.82. The summed E-state index contributed by atoms with van der Waals surface area (Å²) >= 11 is 0. The monoisotopic (exact) mass is 211 g/mol. The molecular formula is C12H25N3. The number of rotatable bonds is 1. The van der Waals surface area contributed by atoms with Gasteiger partial charge < -0.3 is 10.2 Å². The maximum absolute atomic E-state index is 3.44. The minimum absolute atomic E-state index is 0.449. The summed E-state index contributed by atoms with van der Waals surface area (Å²) in [6.07, 6.45) is 1.34. The predicted octanol–water partition coefficient (Wildman–Crippen LogP) is 0.622. The van der Waals surface area contributed by atoms with Crippen LogP contribution in [0.25, 0.3) is 0 Å². The third-order valence-electron chi connectivity index (χ3n) is 3.96. The predicted molar refractivity (Wildman–Crippen MR) is 64.1 cm³/mol. The highest BCUT2D eigenvalue weighted by Crippen LogP contribution is 2.32. The molecule has 2 fully saturated rings. The van der Waals surface area contributed by atoms with Crippen molar-refractivity contribution in [2.24, 2.45) is 5.41 Å². The lowest BCUT2D eigenvalue weighted by Gasteiger charge is -2.49. The van der Waals surface area contributed by atoms with Crippen LogP contribution in [0.4, 0.5) is 0 Å². The van der Waals surface area contributed by atoms with Crippen LogP contribution >= 0.6 is 0 Å². The molecule has 3 nitrogen and oxygen atoms in total. The molecule has 1 atom stereocenters. The van der Waals surface area contributed by atoms with Crippen molar-refractivity contribution in [2.45, 2.75) is 26.3 Å². The molecule has 3 heteroatoms. The molecule has 2 rings (SSSR count). The fourth-order valence-corrected chi connectivity index (χ4v) is 3.28. The first-order valence-corrected chi connectivity index (χ1v) is 6.23. The summed E-state index contributed by atoms with van der Waals surface area (Å²) in [7, 11) is 2.25. The van der Waals surface area contributed by atoms with Gasteiger partial charge in [-0.3, -0.25) is 4.90 Å². The van der Waals surface area contributed by atoms with E-state index >= 15 is 0 Å². The topological polar surface area (TPSA) is 18.5 Å². The maximum Gasteiger partial charge on any atom is 0.0172 e. The number of hydrogen-bond acceptors (Lipinski definition) is 3. The lowest BCUT2D eigenvalue weighted by Crippen LogP contribution is -2.58. The molecule has 0 aromatic carbocycles. The van der Waals surface area contributed by atoms with E-state index in [9.17, 15) is 0 Å². The highest BCUT2D eigenvalue weighted by atomic mass is 15.2. The molecule has 15 heavy (non-hydrogen) atoms.